The fourth-order valence-electron chi connectivity index (χ4n) is 6.98. The van der Waals surface area contributed by atoms with Gasteiger partial charge in [0.25, 0.3) is 0 Å². The molecule has 0 amide bonds. The van der Waals surface area contributed by atoms with E-state index in [0.717, 1.165) is 40.6 Å². The molecule has 0 saturated heterocycles. The Labute approximate surface area is 186 Å². The van der Waals surface area contributed by atoms with E-state index in [0.29, 0.717) is 18.1 Å². The Morgan fingerprint density at radius 3 is 2.40 bits per heavy atom. The van der Waals surface area contributed by atoms with Gasteiger partial charge in [0.15, 0.2) is 0 Å². The molecule has 30 heavy (non-hydrogen) atoms. The van der Waals surface area contributed by atoms with Gasteiger partial charge >= 0.3 is 0 Å². The summed E-state index contributed by atoms with van der Waals surface area (Å²) in [5.74, 6) is 3.89. The second-order valence-corrected chi connectivity index (χ2v) is 10.8. The fourth-order valence-corrected chi connectivity index (χ4v) is 7.17. The van der Waals surface area contributed by atoms with Crippen LogP contribution >= 0.6 is 11.6 Å². The molecule has 6 rings (SSSR count). The largest absolute Gasteiger partial charge is 0.489 e. The van der Waals surface area contributed by atoms with Gasteiger partial charge in [0.1, 0.15) is 12.4 Å². The Balaban J connectivity index is 1.26. The average molecular weight is 424 g/mol. The molecule has 1 unspecified atom stereocenters. The zero-order valence-corrected chi connectivity index (χ0v) is 19.0. The van der Waals surface area contributed by atoms with Crippen LogP contribution in [-0.2, 0) is 13.2 Å². The third kappa shape index (κ3) is 4.14. The first-order chi connectivity index (χ1) is 14.5. The monoisotopic (exact) mass is 423 g/mol. The van der Waals surface area contributed by atoms with Crippen molar-refractivity contribution in [2.75, 3.05) is 0 Å². The van der Waals surface area contributed by atoms with Crippen molar-refractivity contribution in [3.8, 4) is 5.75 Å². The lowest BCUT2D eigenvalue weighted by Gasteiger charge is -2.59. The maximum Gasteiger partial charge on any atom is 0.124 e. The summed E-state index contributed by atoms with van der Waals surface area (Å²) in [5, 5.41) is 4.67. The molecular weight excluding hydrogens is 390 g/mol. The second-order valence-electron chi connectivity index (χ2n) is 10.4. The van der Waals surface area contributed by atoms with Gasteiger partial charge in [0, 0.05) is 23.2 Å². The molecule has 2 aromatic carbocycles. The van der Waals surface area contributed by atoms with Gasteiger partial charge in [-0.05, 0) is 99.3 Å². The normalized spacial score (nSPS) is 30.4. The predicted octanol–water partition coefficient (Wildman–Crippen LogP) is 6.92. The van der Waals surface area contributed by atoms with Crippen LogP contribution in [0.3, 0.4) is 0 Å². The van der Waals surface area contributed by atoms with Gasteiger partial charge in [-0.25, -0.2) is 0 Å². The van der Waals surface area contributed by atoms with E-state index in [1.165, 1.54) is 49.7 Å². The summed E-state index contributed by atoms with van der Waals surface area (Å²) in [4.78, 5) is 0. The number of aryl methyl sites for hydroxylation is 1. The number of nitrogens with one attached hydrogen (secondary N) is 1. The van der Waals surface area contributed by atoms with Crippen LogP contribution in [0.4, 0.5) is 0 Å². The summed E-state index contributed by atoms with van der Waals surface area (Å²) in [6.45, 7) is 5.94. The lowest BCUT2D eigenvalue weighted by atomic mass is 9.48. The summed E-state index contributed by atoms with van der Waals surface area (Å²) in [7, 11) is 0. The van der Waals surface area contributed by atoms with Gasteiger partial charge in [-0.15, -0.1) is 0 Å². The Bertz CT molecular complexity index is 872. The fraction of sp³-hybridized carbons (Fsp3) is 0.556. The molecule has 4 aliphatic carbocycles. The highest BCUT2D eigenvalue weighted by atomic mass is 35.5. The number of benzene rings is 2. The number of ether oxygens (including phenoxy) is 1. The summed E-state index contributed by atoms with van der Waals surface area (Å²) < 4.78 is 6.22. The molecule has 1 atom stereocenters. The standard InChI is InChI=1S/C27H34ClNO/c1-18-4-3-5-20(8-18)17-30-26-7-6-25(28)12-24(26)16-29-19(2)27-13-21-9-22(14-27)11-23(10-21)15-27/h3-8,12,19,21-23,29H,9-11,13-17H2,1-2H3. The molecule has 0 spiro atoms. The molecule has 0 aromatic heterocycles. The second kappa shape index (κ2) is 8.20. The molecule has 0 radical (unpaired) electrons. The van der Waals surface area contributed by atoms with Crippen LogP contribution in [-0.4, -0.2) is 6.04 Å². The quantitative estimate of drug-likeness (QED) is 0.521. The first-order valence-corrected chi connectivity index (χ1v) is 12.1. The summed E-state index contributed by atoms with van der Waals surface area (Å²) in [6, 6.07) is 15.1. The van der Waals surface area contributed by atoms with E-state index >= 15 is 0 Å². The molecule has 4 saturated carbocycles. The molecule has 0 aliphatic heterocycles. The maximum absolute atomic E-state index is 6.34. The Morgan fingerprint density at radius 1 is 1.03 bits per heavy atom. The van der Waals surface area contributed by atoms with Crippen molar-refractivity contribution in [3.63, 3.8) is 0 Å². The van der Waals surface area contributed by atoms with Crippen molar-refractivity contribution in [2.45, 2.75) is 71.6 Å². The Morgan fingerprint density at radius 2 is 1.73 bits per heavy atom. The van der Waals surface area contributed by atoms with E-state index < -0.39 is 0 Å². The third-order valence-corrected chi connectivity index (χ3v) is 8.34. The van der Waals surface area contributed by atoms with Crippen LogP contribution in [0.2, 0.25) is 5.02 Å². The molecule has 160 valence electrons. The van der Waals surface area contributed by atoms with E-state index in [9.17, 15) is 0 Å². The van der Waals surface area contributed by atoms with Crippen molar-refractivity contribution in [1.82, 2.24) is 5.32 Å². The SMILES string of the molecule is Cc1cccc(COc2ccc(Cl)cc2CNC(C)C23CC4CC(CC(C4)C2)C3)c1. The van der Waals surface area contributed by atoms with E-state index in [-0.39, 0.29) is 0 Å². The zero-order chi connectivity index (χ0) is 20.7. The summed E-state index contributed by atoms with van der Waals surface area (Å²) >= 11 is 6.34. The van der Waals surface area contributed by atoms with Crippen molar-refractivity contribution >= 4 is 11.6 Å². The molecule has 4 bridgehead atoms. The van der Waals surface area contributed by atoms with Crippen molar-refractivity contribution in [2.24, 2.45) is 23.2 Å². The van der Waals surface area contributed by atoms with Crippen molar-refractivity contribution in [1.29, 1.82) is 0 Å². The molecular formula is C27H34ClNO. The average Bonchev–Trinajstić information content (AvgIpc) is 2.70. The summed E-state index contributed by atoms with van der Waals surface area (Å²) in [5.41, 5.74) is 4.13. The smallest absolute Gasteiger partial charge is 0.124 e. The van der Waals surface area contributed by atoms with Crippen molar-refractivity contribution < 1.29 is 4.74 Å². The minimum Gasteiger partial charge on any atom is -0.489 e. The topological polar surface area (TPSA) is 21.3 Å². The number of hydrogen-bond acceptors (Lipinski definition) is 2. The number of hydrogen-bond donors (Lipinski definition) is 1. The maximum atomic E-state index is 6.34. The van der Waals surface area contributed by atoms with Gasteiger partial charge in [0.05, 0.1) is 0 Å². The molecule has 2 nitrogen and oxygen atoms in total. The van der Waals surface area contributed by atoms with Gasteiger partial charge in [-0.3, -0.25) is 0 Å². The van der Waals surface area contributed by atoms with E-state index in [2.05, 4.69) is 49.5 Å². The van der Waals surface area contributed by atoms with Crippen LogP contribution in [0.15, 0.2) is 42.5 Å². The molecule has 2 aromatic rings. The third-order valence-electron chi connectivity index (χ3n) is 8.10. The van der Waals surface area contributed by atoms with Crippen LogP contribution < -0.4 is 10.1 Å². The Kier molecular flexibility index (Phi) is 5.58. The van der Waals surface area contributed by atoms with Crippen LogP contribution in [0.5, 0.6) is 5.75 Å². The molecule has 4 aliphatic rings. The lowest BCUT2D eigenvalue weighted by molar-refractivity contribution is -0.0706. The van der Waals surface area contributed by atoms with Gasteiger partial charge in [-0.1, -0.05) is 41.4 Å². The molecule has 4 fully saturated rings. The van der Waals surface area contributed by atoms with E-state index in [1.807, 2.05) is 12.1 Å². The molecule has 1 N–H and O–H groups in total. The van der Waals surface area contributed by atoms with Crippen molar-refractivity contribution in [3.05, 3.63) is 64.2 Å². The van der Waals surface area contributed by atoms with E-state index in [4.69, 9.17) is 16.3 Å². The first kappa shape index (κ1) is 20.4. The zero-order valence-electron chi connectivity index (χ0n) is 18.3. The van der Waals surface area contributed by atoms with Crippen LogP contribution in [0.1, 0.15) is 62.1 Å². The minimum atomic E-state index is 0.510. The summed E-state index contributed by atoms with van der Waals surface area (Å²) in [6.07, 6.45) is 8.78. The molecule has 0 heterocycles. The van der Waals surface area contributed by atoms with Gasteiger partial charge in [0.2, 0.25) is 0 Å². The predicted molar refractivity (Wildman–Crippen MR) is 124 cm³/mol. The first-order valence-electron chi connectivity index (χ1n) is 11.7. The van der Waals surface area contributed by atoms with E-state index in [1.54, 1.807) is 0 Å². The van der Waals surface area contributed by atoms with Crippen LogP contribution in [0.25, 0.3) is 0 Å². The highest BCUT2D eigenvalue weighted by molar-refractivity contribution is 6.30. The highest BCUT2D eigenvalue weighted by Crippen LogP contribution is 2.61. The molecule has 3 heteroatoms. The van der Waals surface area contributed by atoms with Gasteiger partial charge < -0.3 is 10.1 Å². The number of halogens is 1. The lowest BCUT2D eigenvalue weighted by Crippen LogP contribution is -2.54. The minimum absolute atomic E-state index is 0.510. The number of rotatable bonds is 7. The van der Waals surface area contributed by atoms with Crippen LogP contribution in [0, 0.1) is 30.1 Å². The highest BCUT2D eigenvalue weighted by Gasteiger charge is 2.52. The van der Waals surface area contributed by atoms with Gasteiger partial charge in [-0.2, -0.15) is 0 Å². The Hall–Kier alpha value is -1.51.